The highest BCUT2D eigenvalue weighted by atomic mass is 16.5. The van der Waals surface area contributed by atoms with E-state index in [1.165, 1.54) is 45.2 Å². The molecule has 5 heteroatoms. The van der Waals surface area contributed by atoms with Gasteiger partial charge in [-0.15, -0.1) is 0 Å². The summed E-state index contributed by atoms with van der Waals surface area (Å²) in [5.41, 5.74) is 7.98. The Bertz CT molecular complexity index is 713. The first-order chi connectivity index (χ1) is 11.6. The molecule has 1 aliphatic carbocycles. The van der Waals surface area contributed by atoms with Crippen LogP contribution >= 0.6 is 0 Å². The van der Waals surface area contributed by atoms with Crippen LogP contribution in [0.25, 0.3) is 10.9 Å². The molecule has 24 heavy (non-hydrogen) atoms. The number of nitrogen functional groups attached to an aromatic ring is 1. The highest BCUT2D eigenvalue weighted by molar-refractivity contribution is 5.92. The number of hydrogen-bond donors (Lipinski definition) is 2. The predicted molar refractivity (Wildman–Crippen MR) is 97.3 cm³/mol. The Morgan fingerprint density at radius 1 is 1.25 bits per heavy atom. The zero-order chi connectivity index (χ0) is 16.7. The molecule has 0 amide bonds. The monoisotopic (exact) mass is 328 g/mol. The summed E-state index contributed by atoms with van der Waals surface area (Å²) in [5, 5.41) is 8.09. The van der Waals surface area contributed by atoms with Crippen molar-refractivity contribution in [2.75, 3.05) is 18.8 Å². The maximum absolute atomic E-state index is 6.28. The van der Waals surface area contributed by atoms with Crippen LogP contribution in [0.1, 0.15) is 44.6 Å². The molecule has 5 nitrogen and oxygen atoms in total. The maximum Gasteiger partial charge on any atom is 0.153 e. The number of hydrogen-bond acceptors (Lipinski definition) is 4. The molecule has 3 N–H and O–H groups in total. The van der Waals surface area contributed by atoms with E-state index in [-0.39, 0.29) is 6.10 Å². The summed E-state index contributed by atoms with van der Waals surface area (Å²) in [7, 11) is 0. The first-order valence-corrected chi connectivity index (χ1v) is 9.26. The van der Waals surface area contributed by atoms with Crippen molar-refractivity contribution in [2.45, 2.75) is 58.1 Å². The van der Waals surface area contributed by atoms with E-state index in [9.17, 15) is 0 Å². The molecular formula is C19H28N4O. The van der Waals surface area contributed by atoms with Gasteiger partial charge in [-0.25, -0.2) is 0 Å². The number of H-pyrrole nitrogens is 1. The second kappa shape index (κ2) is 6.28. The number of likely N-dealkylation sites (tertiary alicyclic amines) is 1. The predicted octanol–water partition coefficient (Wildman–Crippen LogP) is 3.49. The molecule has 1 saturated carbocycles. The van der Waals surface area contributed by atoms with Gasteiger partial charge >= 0.3 is 0 Å². The number of nitrogens with zero attached hydrogens (tertiary/aromatic N) is 2. The number of fused-ring (bicyclic) bond motifs is 1. The zero-order valence-corrected chi connectivity index (χ0v) is 14.7. The smallest absolute Gasteiger partial charge is 0.153 e. The Morgan fingerprint density at radius 3 is 2.67 bits per heavy atom. The highest BCUT2D eigenvalue weighted by Gasteiger charge is 2.31. The lowest BCUT2D eigenvalue weighted by atomic mass is 9.86. The third kappa shape index (κ3) is 2.86. The van der Waals surface area contributed by atoms with Crippen LogP contribution in [-0.2, 0) is 0 Å². The third-order valence-electron chi connectivity index (χ3n) is 6.01. The number of aryl methyl sites for hydroxylation is 1. The van der Waals surface area contributed by atoms with Gasteiger partial charge in [-0.05, 0) is 70.2 Å². The van der Waals surface area contributed by atoms with Gasteiger partial charge in [0, 0.05) is 17.5 Å². The van der Waals surface area contributed by atoms with Gasteiger partial charge in [0.1, 0.15) is 5.75 Å². The molecule has 1 aliphatic heterocycles. The summed E-state index contributed by atoms with van der Waals surface area (Å²) < 4.78 is 6.28. The lowest BCUT2D eigenvalue weighted by Gasteiger charge is -2.42. The quantitative estimate of drug-likeness (QED) is 0.901. The van der Waals surface area contributed by atoms with Crippen LogP contribution in [0.4, 0.5) is 5.82 Å². The van der Waals surface area contributed by atoms with E-state index in [0.29, 0.717) is 11.7 Å². The number of anilines is 1. The molecule has 1 atom stereocenters. The summed E-state index contributed by atoms with van der Waals surface area (Å²) in [4.78, 5) is 2.69. The van der Waals surface area contributed by atoms with Crippen LogP contribution in [0.3, 0.4) is 0 Å². The molecule has 0 bridgehead atoms. The number of nitrogens with two attached hydrogens (primary N) is 1. The van der Waals surface area contributed by atoms with E-state index in [4.69, 9.17) is 10.5 Å². The Kier molecular flexibility index (Phi) is 4.12. The van der Waals surface area contributed by atoms with Crippen molar-refractivity contribution in [2.24, 2.45) is 5.92 Å². The summed E-state index contributed by atoms with van der Waals surface area (Å²) in [6.45, 7) is 6.74. The Balaban J connectivity index is 1.40. The number of ether oxygens (including phenoxy) is 1. The van der Waals surface area contributed by atoms with E-state index in [1.807, 2.05) is 6.07 Å². The maximum atomic E-state index is 6.28. The average Bonchev–Trinajstić information content (AvgIpc) is 2.88. The largest absolute Gasteiger partial charge is 0.490 e. The molecule has 4 rings (SSSR count). The minimum absolute atomic E-state index is 0.241. The molecule has 1 saturated heterocycles. The van der Waals surface area contributed by atoms with Crippen molar-refractivity contribution >= 4 is 16.7 Å². The molecule has 130 valence electrons. The number of aromatic amines is 1. The molecule has 1 aromatic heterocycles. The average molecular weight is 328 g/mol. The van der Waals surface area contributed by atoms with Crippen LogP contribution in [0.2, 0.25) is 0 Å². The molecule has 0 spiro atoms. The topological polar surface area (TPSA) is 67.2 Å². The van der Waals surface area contributed by atoms with Crippen molar-refractivity contribution in [3.63, 3.8) is 0 Å². The fourth-order valence-electron chi connectivity index (χ4n) is 4.24. The van der Waals surface area contributed by atoms with Crippen molar-refractivity contribution < 1.29 is 4.74 Å². The molecule has 2 heterocycles. The summed E-state index contributed by atoms with van der Waals surface area (Å²) in [5.74, 6) is 2.12. The van der Waals surface area contributed by atoms with Crippen LogP contribution < -0.4 is 10.5 Å². The van der Waals surface area contributed by atoms with Crippen molar-refractivity contribution in [3.8, 4) is 5.75 Å². The Morgan fingerprint density at radius 2 is 2.00 bits per heavy atom. The third-order valence-corrected chi connectivity index (χ3v) is 6.01. The molecular weight excluding hydrogens is 300 g/mol. The molecule has 1 aromatic carbocycles. The van der Waals surface area contributed by atoms with Gasteiger partial charge in [0.15, 0.2) is 5.82 Å². The van der Waals surface area contributed by atoms with Crippen molar-refractivity contribution in [1.29, 1.82) is 0 Å². The summed E-state index contributed by atoms with van der Waals surface area (Å²) >= 11 is 0. The Hall–Kier alpha value is -1.75. The van der Waals surface area contributed by atoms with Crippen LogP contribution in [-0.4, -0.2) is 40.3 Å². The van der Waals surface area contributed by atoms with Gasteiger partial charge in [0.2, 0.25) is 0 Å². The van der Waals surface area contributed by atoms with Crippen molar-refractivity contribution in [3.05, 3.63) is 17.7 Å². The number of nitrogens with one attached hydrogen (secondary N) is 1. The highest BCUT2D eigenvalue weighted by Crippen LogP contribution is 2.32. The van der Waals surface area contributed by atoms with E-state index >= 15 is 0 Å². The molecule has 2 fully saturated rings. The van der Waals surface area contributed by atoms with Crippen LogP contribution in [0, 0.1) is 12.8 Å². The minimum Gasteiger partial charge on any atom is -0.490 e. The minimum atomic E-state index is 0.241. The second-order valence-electron chi connectivity index (χ2n) is 7.55. The van der Waals surface area contributed by atoms with Gasteiger partial charge in [-0.3, -0.25) is 5.10 Å². The molecule has 2 aliphatic rings. The van der Waals surface area contributed by atoms with Gasteiger partial charge in [0.05, 0.1) is 11.6 Å². The number of piperidine rings is 1. The van der Waals surface area contributed by atoms with Crippen LogP contribution in [0.15, 0.2) is 12.1 Å². The van der Waals surface area contributed by atoms with Gasteiger partial charge in [0.25, 0.3) is 0 Å². The molecule has 2 aromatic rings. The standard InChI is InChI=1S/C19H28N4O/c1-12-10-16(11-17-18(12)19(20)22-21-17)24-13(2)14-6-8-23(9-7-14)15-4-3-5-15/h10-11,13-15H,3-9H2,1-2H3,(H3,20,21,22). The zero-order valence-electron chi connectivity index (χ0n) is 14.7. The molecule has 0 radical (unpaired) electrons. The van der Waals surface area contributed by atoms with E-state index < -0.39 is 0 Å². The van der Waals surface area contributed by atoms with E-state index in [2.05, 4.69) is 35.0 Å². The lowest BCUT2D eigenvalue weighted by Crippen LogP contribution is -2.46. The number of aromatic nitrogens is 2. The first-order valence-electron chi connectivity index (χ1n) is 9.26. The van der Waals surface area contributed by atoms with E-state index in [0.717, 1.165) is 28.3 Å². The second-order valence-corrected chi connectivity index (χ2v) is 7.55. The van der Waals surface area contributed by atoms with Crippen molar-refractivity contribution in [1.82, 2.24) is 15.1 Å². The number of benzene rings is 1. The fraction of sp³-hybridized carbons (Fsp3) is 0.632. The van der Waals surface area contributed by atoms with Gasteiger partial charge in [-0.1, -0.05) is 6.42 Å². The fourth-order valence-corrected chi connectivity index (χ4v) is 4.24. The summed E-state index contributed by atoms with van der Waals surface area (Å²) in [6.07, 6.45) is 6.97. The molecule has 1 unspecified atom stereocenters. The van der Waals surface area contributed by atoms with Crippen LogP contribution in [0.5, 0.6) is 5.75 Å². The first kappa shape index (κ1) is 15.8. The van der Waals surface area contributed by atoms with Gasteiger partial charge in [-0.2, -0.15) is 5.10 Å². The van der Waals surface area contributed by atoms with E-state index in [1.54, 1.807) is 0 Å². The van der Waals surface area contributed by atoms with Gasteiger partial charge < -0.3 is 15.4 Å². The number of rotatable bonds is 4. The summed E-state index contributed by atoms with van der Waals surface area (Å²) in [6, 6.07) is 4.97. The normalized spacial score (nSPS) is 21.8. The lowest BCUT2D eigenvalue weighted by molar-refractivity contribution is 0.0464. The SMILES string of the molecule is Cc1cc(OC(C)C2CCN(C3CCC3)CC2)cc2[nH]nc(N)c12. The Labute approximate surface area is 143 Å².